The number of esters is 1. The minimum atomic E-state index is -3.93. The van der Waals surface area contributed by atoms with Crippen LogP contribution in [-0.4, -0.2) is 73.6 Å². The van der Waals surface area contributed by atoms with Gasteiger partial charge in [-0.1, -0.05) is 35.9 Å². The normalized spacial score (nSPS) is 19.3. The van der Waals surface area contributed by atoms with Crippen LogP contribution in [0, 0.1) is 5.92 Å². The van der Waals surface area contributed by atoms with E-state index in [2.05, 4.69) is 14.8 Å². The Balaban J connectivity index is 1.34. The van der Waals surface area contributed by atoms with Crippen LogP contribution in [-0.2, 0) is 42.1 Å². The molecule has 4 atom stereocenters. The average molecular weight is 703 g/mol. The molecule has 16 heteroatoms. The van der Waals surface area contributed by atoms with E-state index in [1.807, 2.05) is 12.1 Å². The molecule has 0 radical (unpaired) electrons. The molecule has 1 amide bonds. The molecule has 6 N–H and O–H groups in total. The zero-order valence-corrected chi connectivity index (χ0v) is 27.8. The number of anilines is 1. The van der Waals surface area contributed by atoms with Gasteiger partial charge in [0, 0.05) is 18.0 Å². The fourth-order valence-corrected chi connectivity index (χ4v) is 7.99. The second kappa shape index (κ2) is 15.8. The number of carbonyl (C=O) groups is 3. The van der Waals surface area contributed by atoms with Crippen molar-refractivity contribution in [2.45, 2.75) is 73.6 Å². The summed E-state index contributed by atoms with van der Waals surface area (Å²) < 4.78 is 37.1. The molecule has 0 aliphatic carbocycles. The zero-order valence-electron chi connectivity index (χ0n) is 24.6. The SMILES string of the molecule is CCOC(=O)[C@@H](CCc1ccc(CNS(=O)(=O)c2cc3c(cc2Cl)NC(CCl)NS3)cc1)C[C@H](N)C(=O)N1CCC[C@H]1C(=O)O. The number of amides is 1. The highest BCUT2D eigenvalue weighted by Crippen LogP contribution is 2.36. The molecule has 1 fully saturated rings. The van der Waals surface area contributed by atoms with Gasteiger partial charge in [0.25, 0.3) is 0 Å². The summed E-state index contributed by atoms with van der Waals surface area (Å²) in [6, 6.07) is 8.39. The summed E-state index contributed by atoms with van der Waals surface area (Å²) in [7, 11) is -3.93. The largest absolute Gasteiger partial charge is 0.480 e. The Hall–Kier alpha value is -2.59. The molecule has 0 aromatic heterocycles. The maximum Gasteiger partial charge on any atom is 0.326 e. The van der Waals surface area contributed by atoms with Crippen molar-refractivity contribution in [2.24, 2.45) is 11.7 Å². The van der Waals surface area contributed by atoms with Crippen molar-refractivity contribution < 1.29 is 32.6 Å². The highest BCUT2D eigenvalue weighted by Gasteiger charge is 2.37. The first kappa shape index (κ1) is 35.3. The van der Waals surface area contributed by atoms with E-state index < -0.39 is 45.9 Å². The Morgan fingerprint density at radius 1 is 1.22 bits per heavy atom. The summed E-state index contributed by atoms with van der Waals surface area (Å²) in [6.45, 7) is 2.22. The number of halogens is 2. The van der Waals surface area contributed by atoms with E-state index in [-0.39, 0.29) is 35.7 Å². The number of nitrogens with zero attached hydrogens (tertiary/aromatic N) is 1. The minimum Gasteiger partial charge on any atom is -0.480 e. The van der Waals surface area contributed by atoms with Gasteiger partial charge in [-0.05, 0) is 74.2 Å². The smallest absolute Gasteiger partial charge is 0.326 e. The van der Waals surface area contributed by atoms with Crippen LogP contribution in [0.5, 0.6) is 0 Å². The van der Waals surface area contributed by atoms with E-state index in [0.29, 0.717) is 54.3 Å². The predicted molar refractivity (Wildman–Crippen MR) is 172 cm³/mol. The number of benzene rings is 2. The van der Waals surface area contributed by atoms with Gasteiger partial charge in [-0.2, -0.15) is 0 Å². The van der Waals surface area contributed by atoms with Gasteiger partial charge >= 0.3 is 11.9 Å². The predicted octanol–water partition coefficient (Wildman–Crippen LogP) is 3.31. The van der Waals surface area contributed by atoms with Gasteiger partial charge in [-0.25, -0.2) is 22.7 Å². The molecule has 1 saturated heterocycles. The van der Waals surface area contributed by atoms with Crippen LogP contribution in [0.1, 0.15) is 43.7 Å². The Morgan fingerprint density at radius 2 is 1.93 bits per heavy atom. The lowest BCUT2D eigenvalue weighted by Gasteiger charge is -2.26. The Labute approximate surface area is 276 Å². The van der Waals surface area contributed by atoms with Crippen LogP contribution in [0.4, 0.5) is 5.69 Å². The van der Waals surface area contributed by atoms with Crippen LogP contribution in [0.15, 0.2) is 46.2 Å². The lowest BCUT2D eigenvalue weighted by Crippen LogP contribution is -2.49. The maximum atomic E-state index is 13.1. The van der Waals surface area contributed by atoms with Gasteiger partial charge in [0.1, 0.15) is 17.1 Å². The lowest BCUT2D eigenvalue weighted by atomic mass is 9.92. The summed E-state index contributed by atoms with van der Waals surface area (Å²) in [6.07, 6.45) is 1.66. The Bertz CT molecular complexity index is 1500. The van der Waals surface area contributed by atoms with Crippen LogP contribution in [0.2, 0.25) is 5.02 Å². The van der Waals surface area contributed by atoms with Gasteiger partial charge in [0.15, 0.2) is 0 Å². The van der Waals surface area contributed by atoms with Crippen molar-refractivity contribution >= 4 is 68.7 Å². The van der Waals surface area contributed by atoms with Gasteiger partial charge in [-0.15, -0.1) is 11.6 Å². The molecule has 12 nitrogen and oxygen atoms in total. The first-order valence-electron chi connectivity index (χ1n) is 14.5. The van der Waals surface area contributed by atoms with Crippen molar-refractivity contribution in [2.75, 3.05) is 24.3 Å². The number of fused-ring (bicyclic) bond motifs is 1. The fraction of sp³-hybridized carbons (Fsp3) is 0.483. The molecule has 2 aliphatic heterocycles. The molecule has 0 bridgehead atoms. The lowest BCUT2D eigenvalue weighted by molar-refractivity contribution is -0.151. The minimum absolute atomic E-state index is 0.0313. The number of nitrogens with two attached hydrogens (primary N) is 1. The van der Waals surface area contributed by atoms with Crippen molar-refractivity contribution in [3.63, 3.8) is 0 Å². The number of ether oxygens (including phenoxy) is 1. The molecule has 1 unspecified atom stereocenters. The maximum absolute atomic E-state index is 13.1. The van der Waals surface area contributed by atoms with E-state index in [9.17, 15) is 27.9 Å². The number of hydrogen-bond donors (Lipinski definition) is 5. The molecular weight excluding hydrogens is 665 g/mol. The number of alkyl halides is 1. The molecule has 4 rings (SSSR count). The van der Waals surface area contributed by atoms with Crippen molar-refractivity contribution in [1.82, 2.24) is 14.3 Å². The van der Waals surface area contributed by atoms with E-state index in [0.717, 1.165) is 5.56 Å². The van der Waals surface area contributed by atoms with Gasteiger partial charge in [0.2, 0.25) is 15.9 Å². The highest BCUT2D eigenvalue weighted by atomic mass is 35.5. The summed E-state index contributed by atoms with van der Waals surface area (Å²) in [5, 5.41) is 12.7. The third-order valence-corrected chi connectivity index (χ3v) is 10.8. The fourth-order valence-electron chi connectivity index (χ4n) is 5.28. The summed E-state index contributed by atoms with van der Waals surface area (Å²) in [5.74, 6) is -2.35. The molecule has 0 spiro atoms. The number of likely N-dealkylation sites (tertiary alicyclic amines) is 1. The highest BCUT2D eigenvalue weighted by molar-refractivity contribution is 7.97. The van der Waals surface area contributed by atoms with Crippen molar-refractivity contribution in [3.05, 3.63) is 52.5 Å². The first-order chi connectivity index (χ1) is 21.4. The number of carboxylic acids is 1. The molecule has 45 heavy (non-hydrogen) atoms. The van der Waals surface area contributed by atoms with Crippen molar-refractivity contribution in [1.29, 1.82) is 0 Å². The standard InChI is InChI=1S/C29H37Cl2N5O7S2/c1-2-43-29(40)19(12-21(32)27(37)36-11-3-4-23(36)28(38)39)10-9-17-5-7-18(8-6-17)16-33-45(41,42)25-14-24-22(13-20(25)31)34-26(15-30)35-44-24/h5-8,13-14,19,21,23,26,33-35H,2-4,9-12,15-16,32H2,1H3,(H,38,39)/t19-,21-,23-,26?/m0/s1. The molecular formula is C29H37Cl2N5O7S2. The number of hydrogen-bond acceptors (Lipinski definition) is 10. The van der Waals surface area contributed by atoms with Gasteiger partial charge in [-0.3, -0.25) is 9.59 Å². The van der Waals surface area contributed by atoms with E-state index in [4.69, 9.17) is 33.7 Å². The molecule has 2 heterocycles. The van der Waals surface area contributed by atoms with Gasteiger partial charge in [0.05, 0.1) is 35.2 Å². The number of rotatable bonds is 14. The summed E-state index contributed by atoms with van der Waals surface area (Å²) in [5.41, 5.74) is 8.48. The second-order valence-electron chi connectivity index (χ2n) is 10.8. The molecule has 0 saturated carbocycles. The number of carboxylic acid groups (broad SMARTS) is 1. The zero-order chi connectivity index (χ0) is 32.7. The first-order valence-corrected chi connectivity index (χ1v) is 17.8. The van der Waals surface area contributed by atoms with Crippen LogP contribution >= 0.6 is 35.1 Å². The van der Waals surface area contributed by atoms with E-state index in [1.165, 1.54) is 22.9 Å². The number of nitrogens with one attached hydrogen (secondary N) is 3. The monoisotopic (exact) mass is 701 g/mol. The Morgan fingerprint density at radius 3 is 2.60 bits per heavy atom. The van der Waals surface area contributed by atoms with E-state index >= 15 is 0 Å². The average Bonchev–Trinajstić information content (AvgIpc) is 3.52. The van der Waals surface area contributed by atoms with Crippen LogP contribution in [0.25, 0.3) is 0 Å². The third kappa shape index (κ3) is 9.03. The topological polar surface area (TPSA) is 180 Å². The number of aryl methyl sites for hydroxylation is 1. The second-order valence-corrected chi connectivity index (χ2v) is 14.2. The Kier molecular flexibility index (Phi) is 12.4. The molecule has 2 aromatic carbocycles. The number of aliphatic carboxylic acids is 1. The third-order valence-electron chi connectivity index (χ3n) is 7.69. The molecule has 246 valence electrons. The molecule has 2 aliphatic rings. The van der Waals surface area contributed by atoms with E-state index in [1.54, 1.807) is 25.1 Å². The number of sulfonamides is 1. The number of carbonyl (C=O) groups excluding carboxylic acids is 2. The van der Waals surface area contributed by atoms with Crippen LogP contribution in [0.3, 0.4) is 0 Å². The van der Waals surface area contributed by atoms with Gasteiger partial charge < -0.3 is 25.8 Å². The quantitative estimate of drug-likeness (QED) is 0.111. The van der Waals surface area contributed by atoms with Crippen LogP contribution < -0.4 is 20.5 Å². The van der Waals surface area contributed by atoms with Crippen molar-refractivity contribution in [3.8, 4) is 0 Å². The summed E-state index contributed by atoms with van der Waals surface area (Å²) in [4.78, 5) is 39.1. The summed E-state index contributed by atoms with van der Waals surface area (Å²) >= 11 is 13.5. The molecule has 2 aromatic rings.